The molecule has 94 valence electrons. The summed E-state index contributed by atoms with van der Waals surface area (Å²) in [4.78, 5) is 12.0. The average molecular weight is 234 g/mol. The van der Waals surface area contributed by atoms with Gasteiger partial charge < -0.3 is 11.1 Å². The molecule has 3 N–H and O–H groups in total. The maximum absolute atomic E-state index is 12.0. The molecule has 1 unspecified atom stereocenters. The van der Waals surface area contributed by atoms with Gasteiger partial charge in [0.2, 0.25) is 0 Å². The number of amides is 1. The quantitative estimate of drug-likeness (QED) is 0.838. The van der Waals surface area contributed by atoms with Gasteiger partial charge in [0.1, 0.15) is 0 Å². The van der Waals surface area contributed by atoms with Crippen molar-refractivity contribution in [1.82, 2.24) is 5.32 Å². The topological polar surface area (TPSA) is 55.1 Å². The molecule has 1 atom stereocenters. The van der Waals surface area contributed by atoms with E-state index >= 15 is 0 Å². The molecule has 1 aromatic rings. The maximum Gasteiger partial charge on any atom is 0.251 e. The second-order valence-electron chi connectivity index (χ2n) is 4.80. The highest BCUT2D eigenvalue weighted by molar-refractivity contribution is 5.97. The van der Waals surface area contributed by atoms with Gasteiger partial charge in [-0.15, -0.1) is 0 Å². The Kier molecular flexibility index (Phi) is 4.70. The molecule has 3 heteroatoms. The highest BCUT2D eigenvalue weighted by Crippen LogP contribution is 2.16. The Labute approximate surface area is 103 Å². The molecule has 1 amide bonds. The van der Waals surface area contributed by atoms with Gasteiger partial charge in [0.15, 0.2) is 0 Å². The highest BCUT2D eigenvalue weighted by atomic mass is 16.1. The molecular weight excluding hydrogens is 212 g/mol. The first-order valence-corrected chi connectivity index (χ1v) is 6.03. The third-order valence-electron chi connectivity index (χ3n) is 2.79. The van der Waals surface area contributed by atoms with E-state index in [-0.39, 0.29) is 11.9 Å². The Hall–Kier alpha value is -1.35. The van der Waals surface area contributed by atoms with Crippen LogP contribution in [0.3, 0.4) is 0 Å². The van der Waals surface area contributed by atoms with Crippen molar-refractivity contribution >= 4 is 5.91 Å². The number of aryl methyl sites for hydroxylation is 3. The van der Waals surface area contributed by atoms with E-state index < -0.39 is 0 Å². The Balaban J connectivity index is 2.76. The number of hydrogen-bond donors (Lipinski definition) is 2. The van der Waals surface area contributed by atoms with Gasteiger partial charge in [-0.2, -0.15) is 0 Å². The minimum absolute atomic E-state index is 0.000602. The van der Waals surface area contributed by atoms with Gasteiger partial charge in [0.25, 0.3) is 5.91 Å². The maximum atomic E-state index is 12.0. The van der Waals surface area contributed by atoms with Crippen LogP contribution in [-0.2, 0) is 0 Å². The molecule has 0 aliphatic rings. The summed E-state index contributed by atoms with van der Waals surface area (Å²) in [6.45, 7) is 8.55. The number of nitrogens with two attached hydrogens (primary N) is 1. The lowest BCUT2D eigenvalue weighted by Gasteiger charge is -2.12. The molecule has 0 heterocycles. The number of nitrogens with one attached hydrogen (secondary N) is 1. The van der Waals surface area contributed by atoms with Crippen LogP contribution >= 0.6 is 0 Å². The molecule has 0 saturated heterocycles. The number of carbonyl (C=O) groups excluding carboxylic acids is 1. The van der Waals surface area contributed by atoms with E-state index in [0.29, 0.717) is 6.54 Å². The second kappa shape index (κ2) is 5.82. The fourth-order valence-corrected chi connectivity index (χ4v) is 2.04. The zero-order valence-electron chi connectivity index (χ0n) is 11.1. The first-order valence-electron chi connectivity index (χ1n) is 6.03. The first-order chi connectivity index (χ1) is 7.91. The largest absolute Gasteiger partial charge is 0.352 e. The van der Waals surface area contributed by atoms with Gasteiger partial charge in [0, 0.05) is 18.2 Å². The Morgan fingerprint density at radius 2 is 1.82 bits per heavy atom. The molecule has 0 aliphatic carbocycles. The van der Waals surface area contributed by atoms with E-state index in [1.807, 2.05) is 39.8 Å². The van der Waals surface area contributed by atoms with Crippen LogP contribution < -0.4 is 11.1 Å². The van der Waals surface area contributed by atoms with E-state index in [1.165, 1.54) is 5.56 Å². The molecular formula is C14H22N2O. The molecule has 0 radical (unpaired) electrons. The van der Waals surface area contributed by atoms with Crippen LogP contribution in [0.2, 0.25) is 0 Å². The van der Waals surface area contributed by atoms with Crippen LogP contribution in [0.4, 0.5) is 0 Å². The zero-order chi connectivity index (χ0) is 13.0. The smallest absolute Gasteiger partial charge is 0.251 e. The summed E-state index contributed by atoms with van der Waals surface area (Å²) in [6, 6.07) is 4.19. The third-order valence-corrected chi connectivity index (χ3v) is 2.79. The molecule has 0 bridgehead atoms. The SMILES string of the molecule is Cc1cc(C)c(C(=O)NCCC(C)N)c(C)c1. The fraction of sp³-hybridized carbons (Fsp3) is 0.500. The predicted molar refractivity (Wildman–Crippen MR) is 71.3 cm³/mol. The van der Waals surface area contributed by atoms with Crippen LogP contribution in [-0.4, -0.2) is 18.5 Å². The highest BCUT2D eigenvalue weighted by Gasteiger charge is 2.12. The summed E-state index contributed by atoms with van der Waals surface area (Å²) in [5, 5.41) is 2.91. The predicted octanol–water partition coefficient (Wildman–Crippen LogP) is 2.08. The number of carbonyl (C=O) groups is 1. The molecule has 1 aromatic carbocycles. The Morgan fingerprint density at radius 1 is 1.29 bits per heavy atom. The van der Waals surface area contributed by atoms with E-state index in [9.17, 15) is 4.79 Å². The van der Waals surface area contributed by atoms with Crippen molar-refractivity contribution in [3.8, 4) is 0 Å². The van der Waals surface area contributed by atoms with Gasteiger partial charge in [-0.3, -0.25) is 4.79 Å². The van der Waals surface area contributed by atoms with Crippen LogP contribution in [0.1, 0.15) is 40.4 Å². The number of benzene rings is 1. The minimum atomic E-state index is 0.000602. The van der Waals surface area contributed by atoms with Crippen molar-refractivity contribution in [1.29, 1.82) is 0 Å². The van der Waals surface area contributed by atoms with E-state index in [1.54, 1.807) is 0 Å². The Morgan fingerprint density at radius 3 is 2.29 bits per heavy atom. The molecule has 0 saturated carbocycles. The first kappa shape index (κ1) is 13.7. The Bertz CT molecular complexity index is 388. The monoisotopic (exact) mass is 234 g/mol. The van der Waals surface area contributed by atoms with Crippen molar-refractivity contribution in [2.24, 2.45) is 5.73 Å². The summed E-state index contributed by atoms with van der Waals surface area (Å²) in [5.74, 6) is 0.000602. The molecule has 0 aliphatic heterocycles. The van der Waals surface area contributed by atoms with Crippen molar-refractivity contribution in [3.63, 3.8) is 0 Å². The van der Waals surface area contributed by atoms with Crippen molar-refractivity contribution < 1.29 is 4.79 Å². The minimum Gasteiger partial charge on any atom is -0.352 e. The molecule has 0 fully saturated rings. The van der Waals surface area contributed by atoms with Crippen molar-refractivity contribution in [3.05, 3.63) is 34.4 Å². The second-order valence-corrected chi connectivity index (χ2v) is 4.80. The van der Waals surface area contributed by atoms with Crippen molar-refractivity contribution in [2.45, 2.75) is 40.2 Å². The molecule has 17 heavy (non-hydrogen) atoms. The standard InChI is InChI=1S/C14H22N2O/c1-9-7-10(2)13(11(3)8-9)14(17)16-6-5-12(4)15/h7-8,12H,5-6,15H2,1-4H3,(H,16,17). The summed E-state index contributed by atoms with van der Waals surface area (Å²) < 4.78 is 0. The van der Waals surface area contributed by atoms with Crippen LogP contribution in [0, 0.1) is 20.8 Å². The lowest BCUT2D eigenvalue weighted by atomic mass is 9.99. The molecule has 1 rings (SSSR count). The van der Waals surface area contributed by atoms with E-state index in [0.717, 1.165) is 23.1 Å². The number of rotatable bonds is 4. The van der Waals surface area contributed by atoms with Gasteiger partial charge in [-0.05, 0) is 45.2 Å². The lowest BCUT2D eigenvalue weighted by Crippen LogP contribution is -2.29. The fourth-order valence-electron chi connectivity index (χ4n) is 2.04. The van der Waals surface area contributed by atoms with E-state index in [2.05, 4.69) is 5.32 Å². The lowest BCUT2D eigenvalue weighted by molar-refractivity contribution is 0.0951. The summed E-state index contributed by atoms with van der Waals surface area (Å²) >= 11 is 0. The number of hydrogen-bond acceptors (Lipinski definition) is 2. The van der Waals surface area contributed by atoms with Gasteiger partial charge in [-0.25, -0.2) is 0 Å². The van der Waals surface area contributed by atoms with Crippen molar-refractivity contribution in [2.75, 3.05) is 6.54 Å². The summed E-state index contributed by atoms with van der Waals surface area (Å²) in [7, 11) is 0. The van der Waals surface area contributed by atoms with Crippen LogP contribution in [0.25, 0.3) is 0 Å². The van der Waals surface area contributed by atoms with Crippen LogP contribution in [0.5, 0.6) is 0 Å². The molecule has 3 nitrogen and oxygen atoms in total. The summed E-state index contributed by atoms with van der Waals surface area (Å²) in [5.41, 5.74) is 9.68. The van der Waals surface area contributed by atoms with Gasteiger partial charge >= 0.3 is 0 Å². The third kappa shape index (κ3) is 3.86. The zero-order valence-corrected chi connectivity index (χ0v) is 11.1. The molecule has 0 aromatic heterocycles. The van der Waals surface area contributed by atoms with Gasteiger partial charge in [-0.1, -0.05) is 17.7 Å². The summed E-state index contributed by atoms with van der Waals surface area (Å²) in [6.07, 6.45) is 0.801. The molecule has 0 spiro atoms. The normalized spacial score (nSPS) is 12.3. The van der Waals surface area contributed by atoms with E-state index in [4.69, 9.17) is 5.73 Å². The van der Waals surface area contributed by atoms with Crippen LogP contribution in [0.15, 0.2) is 12.1 Å². The van der Waals surface area contributed by atoms with Gasteiger partial charge in [0.05, 0.1) is 0 Å². The average Bonchev–Trinajstić information content (AvgIpc) is 2.14.